The van der Waals surface area contributed by atoms with Crippen molar-refractivity contribution in [3.8, 4) is 0 Å². The summed E-state index contributed by atoms with van der Waals surface area (Å²) in [4.78, 5) is 23.7. The van der Waals surface area contributed by atoms with Crippen LogP contribution in [0.4, 0.5) is 9.18 Å². The molecule has 1 aromatic carbocycles. The lowest BCUT2D eigenvalue weighted by Crippen LogP contribution is -2.43. The molecule has 0 aliphatic heterocycles. The molecule has 110 valence electrons. The lowest BCUT2D eigenvalue weighted by Gasteiger charge is -2.19. The van der Waals surface area contributed by atoms with Crippen LogP contribution in [0.2, 0.25) is 0 Å². The van der Waals surface area contributed by atoms with E-state index in [4.69, 9.17) is 5.11 Å². The number of methoxy groups -OCH3 is 1. The molecule has 0 spiro atoms. The molecule has 1 atom stereocenters. The number of carboxylic acids is 1. The number of aliphatic carboxylic acids is 1. The van der Waals surface area contributed by atoms with Crippen LogP contribution in [0.5, 0.6) is 0 Å². The van der Waals surface area contributed by atoms with Crippen LogP contribution in [0.25, 0.3) is 0 Å². The molecule has 1 aromatic rings. The Morgan fingerprint density at radius 3 is 2.65 bits per heavy atom. The molecule has 0 saturated carbocycles. The van der Waals surface area contributed by atoms with Crippen molar-refractivity contribution >= 4 is 12.0 Å². The van der Waals surface area contributed by atoms with E-state index in [2.05, 4.69) is 10.1 Å². The van der Waals surface area contributed by atoms with Gasteiger partial charge in [-0.1, -0.05) is 18.2 Å². The van der Waals surface area contributed by atoms with Gasteiger partial charge in [0.15, 0.2) is 6.10 Å². The Labute approximate surface area is 116 Å². The summed E-state index contributed by atoms with van der Waals surface area (Å²) in [5.41, 5.74) is 0.381. The predicted molar refractivity (Wildman–Crippen MR) is 69.7 cm³/mol. The van der Waals surface area contributed by atoms with E-state index in [0.29, 0.717) is 5.56 Å². The molecule has 1 unspecified atom stereocenters. The van der Waals surface area contributed by atoms with Gasteiger partial charge in [0.1, 0.15) is 5.82 Å². The van der Waals surface area contributed by atoms with E-state index in [1.807, 2.05) is 0 Å². The lowest BCUT2D eigenvalue weighted by molar-refractivity contribution is -0.148. The number of halogens is 1. The number of urea groups is 1. The number of carbonyl (C=O) groups excluding carboxylic acids is 1. The zero-order valence-electron chi connectivity index (χ0n) is 11.3. The maximum absolute atomic E-state index is 13.4. The highest BCUT2D eigenvalue weighted by atomic mass is 19.1. The summed E-state index contributed by atoms with van der Waals surface area (Å²) in [6, 6.07) is 5.63. The number of amides is 2. The van der Waals surface area contributed by atoms with Crippen LogP contribution >= 0.6 is 0 Å². The predicted octanol–water partition coefficient (Wildman–Crippen LogP) is 1.07. The second kappa shape index (κ2) is 7.44. The van der Waals surface area contributed by atoms with Gasteiger partial charge in [0.05, 0.1) is 6.54 Å². The molecule has 0 saturated heterocycles. The van der Waals surface area contributed by atoms with E-state index in [-0.39, 0.29) is 13.1 Å². The number of ether oxygens (including phenoxy) is 1. The van der Waals surface area contributed by atoms with E-state index in [1.54, 1.807) is 18.2 Å². The molecule has 7 heteroatoms. The number of hydrogen-bond acceptors (Lipinski definition) is 3. The zero-order chi connectivity index (χ0) is 15.1. The first-order chi connectivity index (χ1) is 9.45. The molecule has 0 radical (unpaired) electrons. The van der Waals surface area contributed by atoms with Gasteiger partial charge in [0, 0.05) is 26.3 Å². The fourth-order valence-corrected chi connectivity index (χ4v) is 1.54. The van der Waals surface area contributed by atoms with Gasteiger partial charge < -0.3 is 20.1 Å². The highest BCUT2D eigenvalue weighted by Crippen LogP contribution is 2.08. The highest BCUT2D eigenvalue weighted by molar-refractivity contribution is 5.76. The van der Waals surface area contributed by atoms with Crippen molar-refractivity contribution in [1.82, 2.24) is 10.2 Å². The van der Waals surface area contributed by atoms with Gasteiger partial charge in [0.25, 0.3) is 0 Å². The van der Waals surface area contributed by atoms with Gasteiger partial charge in [-0.3, -0.25) is 0 Å². The van der Waals surface area contributed by atoms with Crippen LogP contribution in [-0.4, -0.2) is 48.8 Å². The van der Waals surface area contributed by atoms with E-state index in [9.17, 15) is 14.0 Å². The largest absolute Gasteiger partial charge is 0.479 e. The Morgan fingerprint density at radius 1 is 1.45 bits per heavy atom. The third-order valence-corrected chi connectivity index (χ3v) is 2.71. The molecule has 0 fully saturated rings. The van der Waals surface area contributed by atoms with Crippen molar-refractivity contribution < 1.29 is 23.8 Å². The maximum Gasteiger partial charge on any atom is 0.334 e. The summed E-state index contributed by atoms with van der Waals surface area (Å²) in [6.45, 7) is -0.0739. The first-order valence-electron chi connectivity index (χ1n) is 5.93. The van der Waals surface area contributed by atoms with E-state index < -0.39 is 23.9 Å². The van der Waals surface area contributed by atoms with Crippen LogP contribution in [0, 0.1) is 5.82 Å². The summed E-state index contributed by atoms with van der Waals surface area (Å²) >= 11 is 0. The van der Waals surface area contributed by atoms with Crippen LogP contribution in [0.1, 0.15) is 5.56 Å². The fraction of sp³-hybridized carbons (Fsp3) is 0.385. The van der Waals surface area contributed by atoms with Gasteiger partial charge in [-0.25, -0.2) is 14.0 Å². The minimum absolute atomic E-state index is 0.0865. The van der Waals surface area contributed by atoms with Gasteiger partial charge in [-0.2, -0.15) is 0 Å². The summed E-state index contributed by atoms with van der Waals surface area (Å²) in [5, 5.41) is 11.2. The van der Waals surface area contributed by atoms with Crippen molar-refractivity contribution in [1.29, 1.82) is 0 Å². The molecule has 6 nitrogen and oxygen atoms in total. The number of rotatable bonds is 6. The quantitative estimate of drug-likeness (QED) is 0.819. The standard InChI is InChI=1S/C13H17FN2O4/c1-16(8-9-5-3-4-6-10(9)14)13(19)15-7-11(20-2)12(17)18/h3-6,11H,7-8H2,1-2H3,(H,15,19)(H,17,18). The molecule has 0 aromatic heterocycles. The summed E-state index contributed by atoms with van der Waals surface area (Å²) in [6.07, 6.45) is -1.11. The van der Waals surface area contributed by atoms with E-state index >= 15 is 0 Å². The van der Waals surface area contributed by atoms with Crippen molar-refractivity contribution in [2.75, 3.05) is 20.7 Å². The smallest absolute Gasteiger partial charge is 0.334 e. The first kappa shape index (κ1) is 15.9. The number of hydrogen-bond donors (Lipinski definition) is 2. The van der Waals surface area contributed by atoms with Crippen LogP contribution in [0.15, 0.2) is 24.3 Å². The number of nitrogens with one attached hydrogen (secondary N) is 1. The lowest BCUT2D eigenvalue weighted by atomic mass is 10.2. The second-order valence-corrected chi connectivity index (χ2v) is 4.20. The van der Waals surface area contributed by atoms with E-state index in [0.717, 1.165) is 0 Å². The number of benzene rings is 1. The minimum atomic E-state index is -1.16. The molecule has 1 rings (SSSR count). The fourth-order valence-electron chi connectivity index (χ4n) is 1.54. The number of nitrogens with zero attached hydrogens (tertiary/aromatic N) is 1. The number of carboxylic acid groups (broad SMARTS) is 1. The SMILES string of the molecule is COC(CNC(=O)N(C)Cc1ccccc1F)C(=O)O. The van der Waals surface area contributed by atoms with Gasteiger partial charge in [-0.05, 0) is 6.07 Å². The Kier molecular flexibility index (Phi) is 5.92. The Balaban J connectivity index is 2.51. The van der Waals surface area contributed by atoms with E-state index in [1.165, 1.54) is 25.1 Å². The Bertz CT molecular complexity index is 481. The third-order valence-electron chi connectivity index (χ3n) is 2.71. The summed E-state index contributed by atoms with van der Waals surface area (Å²) in [5.74, 6) is -1.56. The molecule has 2 amide bonds. The molecule has 0 aliphatic carbocycles. The molecule has 0 bridgehead atoms. The van der Waals surface area contributed by atoms with Gasteiger partial charge in [0.2, 0.25) is 0 Å². The zero-order valence-corrected chi connectivity index (χ0v) is 11.3. The average Bonchev–Trinajstić information content (AvgIpc) is 2.41. The molecule has 0 heterocycles. The molecule has 20 heavy (non-hydrogen) atoms. The summed E-state index contributed by atoms with van der Waals surface area (Å²) < 4.78 is 18.1. The summed E-state index contributed by atoms with van der Waals surface area (Å²) in [7, 11) is 2.73. The minimum Gasteiger partial charge on any atom is -0.479 e. The topological polar surface area (TPSA) is 78.9 Å². The van der Waals surface area contributed by atoms with Gasteiger partial charge >= 0.3 is 12.0 Å². The molecular weight excluding hydrogens is 267 g/mol. The van der Waals surface area contributed by atoms with Crippen LogP contribution < -0.4 is 5.32 Å². The highest BCUT2D eigenvalue weighted by Gasteiger charge is 2.18. The van der Waals surface area contributed by atoms with Crippen molar-refractivity contribution in [3.63, 3.8) is 0 Å². The normalized spacial score (nSPS) is 11.8. The number of carbonyl (C=O) groups is 2. The monoisotopic (exact) mass is 284 g/mol. The Morgan fingerprint density at radius 2 is 2.10 bits per heavy atom. The molecule has 0 aliphatic rings. The molecule has 2 N–H and O–H groups in total. The second-order valence-electron chi connectivity index (χ2n) is 4.20. The van der Waals surface area contributed by atoms with Gasteiger partial charge in [-0.15, -0.1) is 0 Å². The third kappa shape index (κ3) is 4.51. The van der Waals surface area contributed by atoms with Crippen LogP contribution in [-0.2, 0) is 16.1 Å². The average molecular weight is 284 g/mol. The van der Waals surface area contributed by atoms with Crippen molar-refractivity contribution in [3.05, 3.63) is 35.6 Å². The van der Waals surface area contributed by atoms with Crippen molar-refractivity contribution in [2.24, 2.45) is 0 Å². The first-order valence-corrected chi connectivity index (χ1v) is 5.93. The maximum atomic E-state index is 13.4. The van der Waals surface area contributed by atoms with Crippen LogP contribution in [0.3, 0.4) is 0 Å². The van der Waals surface area contributed by atoms with Crippen molar-refractivity contribution in [2.45, 2.75) is 12.6 Å². The Hall–Kier alpha value is -2.15. The molecular formula is C13H17FN2O4.